The number of fused-ring (bicyclic) bond motifs is 1. The molecule has 0 saturated heterocycles. The van der Waals surface area contributed by atoms with Gasteiger partial charge in [-0.25, -0.2) is 4.98 Å². The van der Waals surface area contributed by atoms with Crippen molar-refractivity contribution in [3.05, 3.63) is 66.5 Å². The Morgan fingerprint density at radius 2 is 1.67 bits per heavy atom. The monoisotopic (exact) mass is 403 g/mol. The molecule has 7 nitrogen and oxygen atoms in total. The fourth-order valence-electron chi connectivity index (χ4n) is 3.03. The summed E-state index contributed by atoms with van der Waals surface area (Å²) in [4.78, 5) is 21.3. The van der Waals surface area contributed by atoms with Crippen molar-refractivity contribution in [2.45, 2.75) is 13.8 Å². The summed E-state index contributed by atoms with van der Waals surface area (Å²) in [7, 11) is 0. The van der Waals surface area contributed by atoms with Crippen molar-refractivity contribution < 1.29 is 18.7 Å². The van der Waals surface area contributed by atoms with Crippen molar-refractivity contribution in [2.75, 3.05) is 18.5 Å². The number of ether oxygens (including phenoxy) is 2. The lowest BCUT2D eigenvalue weighted by molar-refractivity contribution is 0.102. The summed E-state index contributed by atoms with van der Waals surface area (Å²) >= 11 is 0. The molecule has 1 amide bonds. The number of hydrogen-bond donors (Lipinski definition) is 1. The van der Waals surface area contributed by atoms with Crippen molar-refractivity contribution in [1.82, 2.24) is 9.97 Å². The van der Waals surface area contributed by atoms with Gasteiger partial charge in [-0.1, -0.05) is 0 Å². The number of hydrogen-bond acceptors (Lipinski definition) is 6. The maximum atomic E-state index is 12.8. The SMILES string of the molecule is CCOc1cc(OCC)cc(C(=O)Nc2ccc3oc(-c4ccncc4)nc3c2)c1. The van der Waals surface area contributed by atoms with Gasteiger partial charge in [0.25, 0.3) is 5.91 Å². The summed E-state index contributed by atoms with van der Waals surface area (Å²) < 4.78 is 16.9. The van der Waals surface area contributed by atoms with Gasteiger partial charge in [-0.15, -0.1) is 0 Å². The predicted molar refractivity (Wildman–Crippen MR) is 114 cm³/mol. The summed E-state index contributed by atoms with van der Waals surface area (Å²) in [5, 5.41) is 2.90. The molecule has 0 radical (unpaired) electrons. The third-order valence-electron chi connectivity index (χ3n) is 4.34. The van der Waals surface area contributed by atoms with Gasteiger partial charge in [0, 0.05) is 35.3 Å². The number of benzene rings is 2. The summed E-state index contributed by atoms with van der Waals surface area (Å²) in [5.74, 6) is 1.40. The summed E-state index contributed by atoms with van der Waals surface area (Å²) in [6, 6.07) is 14.1. The van der Waals surface area contributed by atoms with E-state index >= 15 is 0 Å². The highest BCUT2D eigenvalue weighted by atomic mass is 16.5. The Balaban J connectivity index is 1.58. The highest BCUT2D eigenvalue weighted by molar-refractivity contribution is 6.05. The second-order valence-electron chi connectivity index (χ2n) is 6.45. The van der Waals surface area contributed by atoms with Gasteiger partial charge in [0.2, 0.25) is 5.89 Å². The molecular weight excluding hydrogens is 382 g/mol. The number of carbonyl (C=O) groups excluding carboxylic acids is 1. The molecule has 0 unspecified atom stereocenters. The first kappa shape index (κ1) is 19.4. The van der Waals surface area contributed by atoms with Crippen LogP contribution in [0.25, 0.3) is 22.6 Å². The van der Waals surface area contributed by atoms with E-state index in [2.05, 4.69) is 15.3 Å². The van der Waals surface area contributed by atoms with Gasteiger partial charge in [0.05, 0.1) is 13.2 Å². The molecule has 0 saturated carbocycles. The van der Waals surface area contributed by atoms with E-state index in [1.165, 1.54) is 0 Å². The number of amides is 1. The molecule has 0 aliphatic heterocycles. The number of nitrogens with one attached hydrogen (secondary N) is 1. The Hall–Kier alpha value is -3.87. The quantitative estimate of drug-likeness (QED) is 0.470. The van der Waals surface area contributed by atoms with E-state index in [4.69, 9.17) is 13.9 Å². The maximum Gasteiger partial charge on any atom is 0.255 e. The van der Waals surface area contributed by atoms with Gasteiger partial charge in [-0.05, 0) is 56.3 Å². The van der Waals surface area contributed by atoms with Crippen LogP contribution in [0.15, 0.2) is 65.3 Å². The van der Waals surface area contributed by atoms with Crippen LogP contribution in [0.2, 0.25) is 0 Å². The minimum absolute atomic E-state index is 0.269. The van der Waals surface area contributed by atoms with Gasteiger partial charge in [-0.2, -0.15) is 0 Å². The smallest absolute Gasteiger partial charge is 0.255 e. The summed E-state index contributed by atoms with van der Waals surface area (Å²) in [6.07, 6.45) is 3.37. The van der Waals surface area contributed by atoms with Crippen LogP contribution >= 0.6 is 0 Å². The van der Waals surface area contributed by atoms with Crippen LogP contribution in [0.1, 0.15) is 24.2 Å². The number of nitrogens with zero attached hydrogens (tertiary/aromatic N) is 2. The Labute approximate surface area is 173 Å². The molecule has 2 heterocycles. The van der Waals surface area contributed by atoms with Crippen molar-refractivity contribution >= 4 is 22.7 Å². The zero-order valence-electron chi connectivity index (χ0n) is 16.7. The minimum atomic E-state index is -0.269. The molecule has 1 N–H and O–H groups in total. The van der Waals surface area contributed by atoms with Crippen molar-refractivity contribution in [3.63, 3.8) is 0 Å². The molecule has 0 bridgehead atoms. The summed E-state index contributed by atoms with van der Waals surface area (Å²) in [6.45, 7) is 4.78. The van der Waals surface area contributed by atoms with E-state index in [-0.39, 0.29) is 5.91 Å². The highest BCUT2D eigenvalue weighted by Crippen LogP contribution is 2.27. The molecule has 2 aromatic heterocycles. The lowest BCUT2D eigenvalue weighted by atomic mass is 10.1. The third-order valence-corrected chi connectivity index (χ3v) is 4.34. The average Bonchev–Trinajstić information content (AvgIpc) is 3.18. The number of oxazole rings is 1. The molecule has 0 aliphatic rings. The van der Waals surface area contributed by atoms with Gasteiger partial charge in [0.1, 0.15) is 17.0 Å². The minimum Gasteiger partial charge on any atom is -0.494 e. The van der Waals surface area contributed by atoms with Gasteiger partial charge < -0.3 is 19.2 Å². The van der Waals surface area contributed by atoms with E-state index in [9.17, 15) is 4.79 Å². The lowest BCUT2D eigenvalue weighted by Crippen LogP contribution is -2.12. The third kappa shape index (κ3) is 4.25. The molecule has 152 valence electrons. The Morgan fingerprint density at radius 3 is 2.33 bits per heavy atom. The number of carbonyl (C=O) groups is 1. The highest BCUT2D eigenvalue weighted by Gasteiger charge is 2.13. The molecule has 4 aromatic rings. The molecule has 0 spiro atoms. The van der Waals surface area contributed by atoms with Crippen LogP contribution in [0.5, 0.6) is 11.5 Å². The van der Waals surface area contributed by atoms with Crippen molar-refractivity contribution in [1.29, 1.82) is 0 Å². The molecule has 2 aromatic carbocycles. The number of anilines is 1. The van der Waals surface area contributed by atoms with Gasteiger partial charge in [0.15, 0.2) is 5.58 Å². The normalized spacial score (nSPS) is 10.7. The number of rotatable bonds is 7. The Kier molecular flexibility index (Phi) is 5.61. The second-order valence-corrected chi connectivity index (χ2v) is 6.45. The largest absolute Gasteiger partial charge is 0.494 e. The van der Waals surface area contributed by atoms with Crippen LogP contribution in [-0.4, -0.2) is 29.1 Å². The van der Waals surface area contributed by atoms with Crippen LogP contribution in [0, 0.1) is 0 Å². The predicted octanol–water partition coefficient (Wildman–Crippen LogP) is 4.94. The fraction of sp³-hybridized carbons (Fsp3) is 0.174. The van der Waals surface area contributed by atoms with E-state index in [1.807, 2.05) is 26.0 Å². The molecule has 30 heavy (non-hydrogen) atoms. The maximum absolute atomic E-state index is 12.8. The standard InChI is InChI=1S/C23H21N3O4/c1-3-28-18-11-16(12-19(14-18)29-4-2)22(27)25-17-5-6-21-20(13-17)26-23(30-21)15-7-9-24-10-8-15/h5-14H,3-4H2,1-2H3,(H,25,27). The van der Waals surface area contributed by atoms with Crippen LogP contribution in [-0.2, 0) is 0 Å². The number of aromatic nitrogens is 2. The Morgan fingerprint density at radius 1 is 0.967 bits per heavy atom. The first-order valence-electron chi connectivity index (χ1n) is 9.69. The molecule has 4 rings (SSSR count). The van der Waals surface area contributed by atoms with Gasteiger partial charge >= 0.3 is 0 Å². The molecular formula is C23H21N3O4. The second kappa shape index (κ2) is 8.65. The zero-order valence-corrected chi connectivity index (χ0v) is 16.7. The van der Waals surface area contributed by atoms with Crippen LogP contribution in [0.3, 0.4) is 0 Å². The van der Waals surface area contributed by atoms with Crippen LogP contribution in [0.4, 0.5) is 5.69 Å². The lowest BCUT2D eigenvalue weighted by Gasteiger charge is -2.11. The van der Waals surface area contributed by atoms with E-state index in [1.54, 1.807) is 48.8 Å². The number of pyridine rings is 1. The van der Waals surface area contributed by atoms with E-state index < -0.39 is 0 Å². The first-order valence-corrected chi connectivity index (χ1v) is 9.69. The molecule has 7 heteroatoms. The zero-order chi connectivity index (χ0) is 20.9. The first-order chi connectivity index (χ1) is 14.7. The topological polar surface area (TPSA) is 86.5 Å². The fourth-order valence-corrected chi connectivity index (χ4v) is 3.03. The van der Waals surface area contributed by atoms with E-state index in [0.717, 1.165) is 5.56 Å². The van der Waals surface area contributed by atoms with E-state index in [0.29, 0.717) is 53.0 Å². The molecule has 0 aliphatic carbocycles. The molecule has 0 atom stereocenters. The Bertz CT molecular complexity index is 1150. The summed E-state index contributed by atoms with van der Waals surface area (Å²) in [5.41, 5.74) is 3.18. The van der Waals surface area contributed by atoms with Crippen molar-refractivity contribution in [2.24, 2.45) is 0 Å². The molecule has 0 fully saturated rings. The van der Waals surface area contributed by atoms with Crippen molar-refractivity contribution in [3.8, 4) is 23.0 Å². The van der Waals surface area contributed by atoms with Gasteiger partial charge in [-0.3, -0.25) is 9.78 Å². The van der Waals surface area contributed by atoms with Crippen LogP contribution < -0.4 is 14.8 Å². The average molecular weight is 403 g/mol.